The quantitative estimate of drug-likeness (QED) is 0.481. The van der Waals surface area contributed by atoms with Gasteiger partial charge in [-0.15, -0.1) is 5.10 Å². The minimum Gasteiger partial charge on any atom is -0.239 e. The molecule has 0 radical (unpaired) electrons. The van der Waals surface area contributed by atoms with Crippen LogP contribution in [-0.4, -0.2) is 18.3 Å². The predicted octanol–water partition coefficient (Wildman–Crippen LogP) is 1.42. The van der Waals surface area contributed by atoms with Crippen LogP contribution in [0, 0.1) is 0 Å². The number of allylic oxidation sites excluding steroid dienone is 2. The second-order valence-electron chi connectivity index (χ2n) is 2.08. The van der Waals surface area contributed by atoms with Gasteiger partial charge in [0.25, 0.3) is 0 Å². The van der Waals surface area contributed by atoms with Crippen LogP contribution in [0.3, 0.4) is 0 Å². The summed E-state index contributed by atoms with van der Waals surface area (Å²) in [7, 11) is 0. The van der Waals surface area contributed by atoms with E-state index in [0.29, 0.717) is 5.84 Å². The smallest absolute Gasteiger partial charge is 0.147 e. The van der Waals surface area contributed by atoms with Crippen molar-refractivity contribution in [2.75, 3.05) is 0 Å². The van der Waals surface area contributed by atoms with Gasteiger partial charge in [0, 0.05) is 12.4 Å². The lowest BCUT2D eigenvalue weighted by molar-refractivity contribution is 1.22. The van der Waals surface area contributed by atoms with Gasteiger partial charge in [0.1, 0.15) is 5.84 Å². The van der Waals surface area contributed by atoms with Crippen molar-refractivity contribution in [3.8, 4) is 0 Å². The first-order valence-corrected chi connectivity index (χ1v) is 3.07. The van der Waals surface area contributed by atoms with Crippen LogP contribution in [0.5, 0.6) is 0 Å². The van der Waals surface area contributed by atoms with Crippen LogP contribution < -0.4 is 0 Å². The minimum absolute atomic E-state index is 0.684. The molecule has 0 aromatic heterocycles. The average molecular weight is 135 g/mol. The first-order valence-electron chi connectivity index (χ1n) is 3.07. The molecule has 0 saturated heterocycles. The maximum atomic E-state index is 4.01. The molecular formula is C7H9N3. The molecule has 0 amide bonds. The molecule has 1 rings (SSSR count). The zero-order valence-electron chi connectivity index (χ0n) is 6.07. The van der Waals surface area contributed by atoms with Crippen LogP contribution in [0.1, 0.15) is 13.8 Å². The number of nitrogens with zero attached hydrogens (tertiary/aromatic N) is 3. The minimum atomic E-state index is 0.684. The lowest BCUT2D eigenvalue weighted by Gasteiger charge is -1.91. The highest BCUT2D eigenvalue weighted by Gasteiger charge is 1.86. The first-order chi connectivity index (χ1) is 4.79. The highest BCUT2D eigenvalue weighted by atomic mass is 15.2. The zero-order valence-corrected chi connectivity index (χ0v) is 6.07. The van der Waals surface area contributed by atoms with Gasteiger partial charge in [-0.1, -0.05) is 0 Å². The number of rotatable bonds is 0. The zero-order chi connectivity index (χ0) is 7.40. The van der Waals surface area contributed by atoms with E-state index in [0.717, 1.165) is 5.57 Å². The predicted molar refractivity (Wildman–Crippen MR) is 43.9 cm³/mol. The van der Waals surface area contributed by atoms with Gasteiger partial charge >= 0.3 is 0 Å². The summed E-state index contributed by atoms with van der Waals surface area (Å²) in [6, 6.07) is 0. The fraction of sp³-hybridized carbons (Fsp3) is 0.286. The van der Waals surface area contributed by atoms with Gasteiger partial charge in [-0.05, 0) is 25.5 Å². The molecule has 0 saturated carbocycles. The van der Waals surface area contributed by atoms with E-state index in [2.05, 4.69) is 15.2 Å². The van der Waals surface area contributed by atoms with E-state index in [1.807, 2.05) is 19.9 Å². The number of amidine groups is 1. The third-order valence-electron chi connectivity index (χ3n) is 1.06. The van der Waals surface area contributed by atoms with Crippen LogP contribution >= 0.6 is 0 Å². The van der Waals surface area contributed by atoms with Crippen molar-refractivity contribution in [2.24, 2.45) is 15.2 Å². The Morgan fingerprint density at radius 3 is 2.90 bits per heavy atom. The van der Waals surface area contributed by atoms with Crippen LogP contribution in [0.15, 0.2) is 26.8 Å². The molecule has 0 aromatic carbocycles. The molecule has 0 atom stereocenters. The second kappa shape index (κ2) is 3.06. The molecule has 0 unspecified atom stereocenters. The van der Waals surface area contributed by atoms with E-state index in [9.17, 15) is 0 Å². The summed E-state index contributed by atoms with van der Waals surface area (Å²) >= 11 is 0. The Morgan fingerprint density at radius 1 is 1.30 bits per heavy atom. The summed E-state index contributed by atoms with van der Waals surface area (Å²) in [4.78, 5) is 4.01. The number of hydrogen-bond donors (Lipinski definition) is 0. The van der Waals surface area contributed by atoms with E-state index >= 15 is 0 Å². The molecule has 52 valence electrons. The van der Waals surface area contributed by atoms with Crippen LogP contribution in [-0.2, 0) is 0 Å². The Hall–Kier alpha value is -1.25. The molecule has 0 bridgehead atoms. The van der Waals surface area contributed by atoms with Gasteiger partial charge in [0.2, 0.25) is 0 Å². The number of hydrogen-bond acceptors (Lipinski definition) is 3. The van der Waals surface area contributed by atoms with Gasteiger partial charge in [0.15, 0.2) is 0 Å². The van der Waals surface area contributed by atoms with Gasteiger partial charge < -0.3 is 0 Å². The molecule has 1 aliphatic rings. The van der Waals surface area contributed by atoms with Crippen molar-refractivity contribution in [3.05, 3.63) is 11.6 Å². The molecule has 10 heavy (non-hydrogen) atoms. The lowest BCUT2D eigenvalue weighted by Crippen LogP contribution is -1.89. The standard InChI is InChI=1S/C7H9N3/c1-6-3-4-9-10-7(2)8-5-6/h3-5H,1-2H3/b4-3?,6-3+,6-5?,8-5?,8-7?,9-4+,10-7?,10-9?. The largest absolute Gasteiger partial charge is 0.239 e. The summed E-state index contributed by atoms with van der Waals surface area (Å²) in [5.41, 5.74) is 1.08. The van der Waals surface area contributed by atoms with Crippen molar-refractivity contribution in [1.82, 2.24) is 0 Å². The van der Waals surface area contributed by atoms with Crippen molar-refractivity contribution in [1.29, 1.82) is 0 Å². The molecule has 0 aliphatic carbocycles. The topological polar surface area (TPSA) is 37.1 Å². The molecule has 1 aliphatic heterocycles. The Labute approximate surface area is 59.9 Å². The molecule has 0 N–H and O–H groups in total. The van der Waals surface area contributed by atoms with E-state index in [-0.39, 0.29) is 0 Å². The average Bonchev–Trinajstić information content (AvgIpc) is 1.90. The molecule has 0 fully saturated rings. The van der Waals surface area contributed by atoms with Crippen LogP contribution in [0.25, 0.3) is 0 Å². The highest BCUT2D eigenvalue weighted by molar-refractivity contribution is 5.96. The second-order valence-corrected chi connectivity index (χ2v) is 2.08. The van der Waals surface area contributed by atoms with Gasteiger partial charge in [-0.25, -0.2) is 4.99 Å². The molecule has 0 spiro atoms. The third-order valence-corrected chi connectivity index (χ3v) is 1.06. The molecule has 1 heterocycles. The summed E-state index contributed by atoms with van der Waals surface area (Å²) in [6.07, 6.45) is 5.29. The molecule has 3 nitrogen and oxygen atoms in total. The summed E-state index contributed by atoms with van der Waals surface area (Å²) in [5.74, 6) is 0.684. The van der Waals surface area contributed by atoms with Crippen molar-refractivity contribution in [2.45, 2.75) is 13.8 Å². The summed E-state index contributed by atoms with van der Waals surface area (Å²) < 4.78 is 0. The number of aliphatic imine (C=N–C) groups is 1. The van der Waals surface area contributed by atoms with E-state index in [4.69, 9.17) is 0 Å². The Balaban J connectivity index is 2.85. The SMILES string of the molecule is CC1=N/N=C/C=C(\C)C=N1. The monoisotopic (exact) mass is 135 g/mol. The third kappa shape index (κ3) is 1.93. The van der Waals surface area contributed by atoms with Crippen LogP contribution in [0.2, 0.25) is 0 Å². The molecule has 3 heteroatoms. The van der Waals surface area contributed by atoms with E-state index in [1.54, 1.807) is 12.4 Å². The van der Waals surface area contributed by atoms with Crippen molar-refractivity contribution >= 4 is 18.3 Å². The van der Waals surface area contributed by atoms with Crippen molar-refractivity contribution in [3.63, 3.8) is 0 Å². The fourth-order valence-corrected chi connectivity index (χ4v) is 0.532. The van der Waals surface area contributed by atoms with Crippen LogP contribution in [0.4, 0.5) is 0 Å². The Morgan fingerprint density at radius 2 is 2.10 bits per heavy atom. The Kier molecular flexibility index (Phi) is 2.10. The lowest BCUT2D eigenvalue weighted by atomic mass is 10.3. The van der Waals surface area contributed by atoms with Crippen molar-refractivity contribution < 1.29 is 0 Å². The summed E-state index contributed by atoms with van der Waals surface area (Å²) in [5, 5.41) is 7.50. The maximum Gasteiger partial charge on any atom is 0.147 e. The summed E-state index contributed by atoms with van der Waals surface area (Å²) in [6.45, 7) is 3.78. The van der Waals surface area contributed by atoms with Gasteiger partial charge in [-0.3, -0.25) is 0 Å². The van der Waals surface area contributed by atoms with E-state index < -0.39 is 0 Å². The highest BCUT2D eigenvalue weighted by Crippen LogP contribution is 1.91. The van der Waals surface area contributed by atoms with Gasteiger partial charge in [0.05, 0.1) is 0 Å². The molecular weight excluding hydrogens is 126 g/mol. The van der Waals surface area contributed by atoms with E-state index in [1.165, 1.54) is 0 Å². The maximum absolute atomic E-state index is 4.01. The van der Waals surface area contributed by atoms with Gasteiger partial charge in [-0.2, -0.15) is 5.10 Å². The Bertz CT molecular complexity index is 209. The first kappa shape index (κ1) is 6.86. The normalized spacial score (nSPS) is 25.8. The molecule has 0 aromatic rings. The fourth-order valence-electron chi connectivity index (χ4n) is 0.532.